The molecule has 0 aliphatic carbocycles. The zero-order valence-electron chi connectivity index (χ0n) is 28.4. The van der Waals surface area contributed by atoms with E-state index in [-0.39, 0.29) is 0 Å². The third-order valence-corrected chi connectivity index (χ3v) is 12.1. The number of rotatable bonds is 3. The summed E-state index contributed by atoms with van der Waals surface area (Å²) in [6.45, 7) is 0. The first-order chi connectivity index (χ1) is 26.3. The van der Waals surface area contributed by atoms with Crippen molar-refractivity contribution in [3.8, 4) is 22.9 Å². The molecule has 246 valence electrons. The molecule has 0 atom stereocenters. The molecule has 8 aromatic carbocycles. The van der Waals surface area contributed by atoms with E-state index < -0.39 is 0 Å². The first-order valence-corrected chi connectivity index (χ1v) is 18.7. The van der Waals surface area contributed by atoms with Gasteiger partial charge in [-0.2, -0.15) is 0 Å². The van der Waals surface area contributed by atoms with Crippen LogP contribution in [0.15, 0.2) is 170 Å². The van der Waals surface area contributed by atoms with Gasteiger partial charge < -0.3 is 4.57 Å². The van der Waals surface area contributed by atoms with Crippen LogP contribution in [0.1, 0.15) is 0 Å². The van der Waals surface area contributed by atoms with Crippen molar-refractivity contribution in [3.05, 3.63) is 170 Å². The molecular formula is C48H28N4S. The number of fused-ring (bicyclic) bond motifs is 14. The van der Waals surface area contributed by atoms with Gasteiger partial charge in [0.05, 0.1) is 33.3 Å². The van der Waals surface area contributed by atoms with E-state index >= 15 is 0 Å². The minimum atomic E-state index is 0.674. The molecule has 53 heavy (non-hydrogen) atoms. The van der Waals surface area contributed by atoms with Gasteiger partial charge in [-0.3, -0.25) is 4.57 Å². The zero-order chi connectivity index (χ0) is 34.6. The average molecular weight is 693 g/mol. The van der Waals surface area contributed by atoms with Crippen LogP contribution < -0.4 is 0 Å². The fraction of sp³-hybridized carbons (Fsp3) is 0. The number of nitrogens with zero attached hydrogens (tertiary/aromatic N) is 4. The smallest absolute Gasteiger partial charge is 0.235 e. The lowest BCUT2D eigenvalue weighted by Crippen LogP contribution is -2.03. The van der Waals surface area contributed by atoms with Crippen LogP contribution in [0.5, 0.6) is 0 Å². The summed E-state index contributed by atoms with van der Waals surface area (Å²) in [5.74, 6) is 0.674. The van der Waals surface area contributed by atoms with Gasteiger partial charge in [-0.05, 0) is 47.9 Å². The highest BCUT2D eigenvalue weighted by Gasteiger charge is 2.24. The molecular weight excluding hydrogens is 665 g/mol. The standard InChI is InChI=1S/C48H28N4S/c1-3-15-29(16-4-1)45-34-22-9-12-24-38(34)49-48(50-45)52-40-26-14-11-23-35(40)44-46(52)33-21-8-7-20-32(33)43-37-27-36-31-19-10-13-25-39(31)51(30-17-5-2-6-18-30)41(36)28-42(37)53-47(43)44/h1-28H. The van der Waals surface area contributed by atoms with E-state index in [4.69, 9.17) is 9.97 Å². The average Bonchev–Trinajstić information content (AvgIpc) is 3.88. The molecule has 0 aliphatic heterocycles. The Morgan fingerprint density at radius 2 is 1.04 bits per heavy atom. The van der Waals surface area contributed by atoms with E-state index in [9.17, 15) is 0 Å². The number of hydrogen-bond acceptors (Lipinski definition) is 3. The maximum Gasteiger partial charge on any atom is 0.235 e. The normalized spacial score (nSPS) is 12.2. The second-order valence-electron chi connectivity index (χ2n) is 13.7. The van der Waals surface area contributed by atoms with Gasteiger partial charge in [0.25, 0.3) is 0 Å². The van der Waals surface area contributed by atoms with E-state index in [2.05, 4.69) is 179 Å². The molecule has 0 radical (unpaired) electrons. The molecule has 5 heteroatoms. The summed E-state index contributed by atoms with van der Waals surface area (Å²) in [6, 6.07) is 60.8. The summed E-state index contributed by atoms with van der Waals surface area (Å²) in [7, 11) is 0. The lowest BCUT2D eigenvalue weighted by molar-refractivity contribution is 1.02. The summed E-state index contributed by atoms with van der Waals surface area (Å²) in [5, 5.41) is 11.0. The molecule has 0 amide bonds. The van der Waals surface area contributed by atoms with Crippen LogP contribution in [-0.2, 0) is 0 Å². The van der Waals surface area contributed by atoms with Gasteiger partial charge in [-0.1, -0.05) is 127 Å². The molecule has 0 spiro atoms. The van der Waals surface area contributed by atoms with E-state index in [1.165, 1.54) is 69.2 Å². The molecule has 0 saturated heterocycles. The first kappa shape index (κ1) is 28.8. The van der Waals surface area contributed by atoms with Crippen LogP contribution in [0.2, 0.25) is 0 Å². The van der Waals surface area contributed by atoms with Crippen molar-refractivity contribution in [1.29, 1.82) is 0 Å². The van der Waals surface area contributed by atoms with Crippen molar-refractivity contribution in [3.63, 3.8) is 0 Å². The van der Waals surface area contributed by atoms with E-state index in [1.807, 2.05) is 11.3 Å². The Bertz CT molecular complexity index is 3450. The molecule has 0 saturated carbocycles. The van der Waals surface area contributed by atoms with Gasteiger partial charge in [0, 0.05) is 63.7 Å². The fourth-order valence-corrected chi connectivity index (χ4v) is 9.97. The van der Waals surface area contributed by atoms with E-state index in [1.54, 1.807) is 0 Å². The summed E-state index contributed by atoms with van der Waals surface area (Å²) in [5.41, 5.74) is 8.77. The number of aromatic nitrogens is 4. The lowest BCUT2D eigenvalue weighted by Gasteiger charge is -2.13. The zero-order valence-corrected chi connectivity index (χ0v) is 29.2. The molecule has 0 unspecified atom stereocenters. The van der Waals surface area contributed by atoms with Gasteiger partial charge >= 0.3 is 0 Å². The quantitative estimate of drug-likeness (QED) is 0.185. The summed E-state index contributed by atoms with van der Waals surface area (Å²) >= 11 is 1.89. The summed E-state index contributed by atoms with van der Waals surface area (Å²) < 4.78 is 7.28. The molecule has 12 aromatic rings. The van der Waals surface area contributed by atoms with Crippen molar-refractivity contribution in [2.75, 3.05) is 0 Å². The van der Waals surface area contributed by atoms with Crippen LogP contribution in [0.3, 0.4) is 0 Å². The Labute approximate surface area is 307 Å². The van der Waals surface area contributed by atoms with Gasteiger partial charge in [-0.25, -0.2) is 9.97 Å². The number of hydrogen-bond donors (Lipinski definition) is 0. The highest BCUT2D eigenvalue weighted by Crippen LogP contribution is 2.49. The fourth-order valence-electron chi connectivity index (χ4n) is 8.68. The molecule has 0 N–H and O–H groups in total. The molecule has 4 aromatic heterocycles. The van der Waals surface area contributed by atoms with Crippen LogP contribution in [-0.4, -0.2) is 19.1 Å². The number of thiophene rings is 1. The second-order valence-corrected chi connectivity index (χ2v) is 14.8. The van der Waals surface area contributed by atoms with Gasteiger partial charge in [-0.15, -0.1) is 11.3 Å². The van der Waals surface area contributed by atoms with Crippen LogP contribution in [0.4, 0.5) is 0 Å². The lowest BCUT2D eigenvalue weighted by atomic mass is 9.99. The van der Waals surface area contributed by atoms with Crippen LogP contribution in [0, 0.1) is 0 Å². The molecule has 4 nitrogen and oxygen atoms in total. The van der Waals surface area contributed by atoms with Crippen LogP contribution >= 0.6 is 11.3 Å². The largest absolute Gasteiger partial charge is 0.309 e. The molecule has 4 heterocycles. The predicted molar refractivity (Wildman–Crippen MR) is 224 cm³/mol. The van der Waals surface area contributed by atoms with Crippen molar-refractivity contribution < 1.29 is 0 Å². The van der Waals surface area contributed by atoms with Crippen molar-refractivity contribution in [2.24, 2.45) is 0 Å². The maximum atomic E-state index is 5.39. The molecule has 0 aliphatic rings. The van der Waals surface area contributed by atoms with Crippen molar-refractivity contribution >= 4 is 96.8 Å². The maximum absolute atomic E-state index is 5.39. The van der Waals surface area contributed by atoms with Gasteiger partial charge in [0.1, 0.15) is 0 Å². The third-order valence-electron chi connectivity index (χ3n) is 10.9. The topological polar surface area (TPSA) is 35.6 Å². The highest BCUT2D eigenvalue weighted by atomic mass is 32.1. The first-order valence-electron chi connectivity index (χ1n) is 17.9. The summed E-state index contributed by atoms with van der Waals surface area (Å²) in [6.07, 6.45) is 0. The SMILES string of the molecule is c1ccc(-c2nc(-n3c4ccccc4c4c5sc6cc7c(cc6c5c5ccccc5c43)c3ccccc3n7-c3ccccc3)nc3ccccc23)cc1. The Balaban J connectivity index is 1.25. The Morgan fingerprint density at radius 1 is 0.415 bits per heavy atom. The summed E-state index contributed by atoms with van der Waals surface area (Å²) in [4.78, 5) is 10.7. The van der Waals surface area contributed by atoms with Crippen LogP contribution in [0.25, 0.3) is 108 Å². The minimum Gasteiger partial charge on any atom is -0.309 e. The van der Waals surface area contributed by atoms with Gasteiger partial charge in [0.15, 0.2) is 0 Å². The van der Waals surface area contributed by atoms with E-state index in [0.29, 0.717) is 5.95 Å². The van der Waals surface area contributed by atoms with Crippen molar-refractivity contribution in [2.45, 2.75) is 0 Å². The monoisotopic (exact) mass is 692 g/mol. The molecule has 0 bridgehead atoms. The third kappa shape index (κ3) is 4.00. The molecule has 12 rings (SSSR count). The van der Waals surface area contributed by atoms with Crippen molar-refractivity contribution in [1.82, 2.24) is 19.1 Å². The Kier molecular flexibility index (Phi) is 5.90. The molecule has 0 fully saturated rings. The second kappa shape index (κ2) is 10.8. The number of benzene rings is 8. The van der Waals surface area contributed by atoms with E-state index in [0.717, 1.165) is 33.2 Å². The predicted octanol–water partition coefficient (Wildman–Crippen LogP) is 13.0. The minimum absolute atomic E-state index is 0.674. The highest BCUT2D eigenvalue weighted by molar-refractivity contribution is 7.27. The Morgan fingerprint density at radius 3 is 1.83 bits per heavy atom. The number of para-hydroxylation sites is 4. The van der Waals surface area contributed by atoms with Gasteiger partial charge in [0.2, 0.25) is 5.95 Å². The Hall–Kier alpha value is -6.82.